The average molecular weight is 825 g/mol. The van der Waals surface area contributed by atoms with E-state index in [1.807, 2.05) is 77.5 Å². The SMILES string of the molecule is Oc1ccccc1-n1c2ccccc2c2ccc(-c3[c-]c(N(c4ccccc4)c4cc(-c5cccc6ccccc56)ccn4)ccc3)nc21.[Pt]. The zero-order chi connectivity index (χ0) is 32.7. The molecule has 0 aliphatic rings. The summed E-state index contributed by atoms with van der Waals surface area (Å²) in [5, 5.41) is 15.4. The van der Waals surface area contributed by atoms with E-state index in [1.165, 1.54) is 10.8 Å². The van der Waals surface area contributed by atoms with Crippen LogP contribution in [0.3, 0.4) is 0 Å². The molecule has 0 aliphatic carbocycles. The summed E-state index contributed by atoms with van der Waals surface area (Å²) in [6, 6.07) is 58.9. The molecule has 0 radical (unpaired) electrons. The van der Waals surface area contributed by atoms with Crippen LogP contribution >= 0.6 is 0 Å². The summed E-state index contributed by atoms with van der Waals surface area (Å²) >= 11 is 0. The molecule has 9 rings (SSSR count). The summed E-state index contributed by atoms with van der Waals surface area (Å²) in [4.78, 5) is 12.2. The Labute approximate surface area is 304 Å². The standard InChI is InChI=1S/C44H29N4O.Pt/c49-42-23-9-8-22-41(42)48-40-21-7-6-19-37(40)38-24-25-39(46-44(38)48)32-14-10-17-34(28-32)47(33-15-2-1-3-16-33)43-29-31(26-27-45-43)36-20-11-13-30-12-4-5-18-35(30)36;/h1-27,29,49H;/q-1;. The summed E-state index contributed by atoms with van der Waals surface area (Å²) in [6.45, 7) is 0. The Morgan fingerprint density at radius 1 is 0.620 bits per heavy atom. The van der Waals surface area contributed by atoms with E-state index >= 15 is 0 Å². The topological polar surface area (TPSA) is 54.2 Å². The van der Waals surface area contributed by atoms with Crippen molar-refractivity contribution in [2.75, 3.05) is 4.90 Å². The van der Waals surface area contributed by atoms with Crippen molar-refractivity contribution in [3.05, 3.63) is 176 Å². The third kappa shape index (κ3) is 5.42. The summed E-state index contributed by atoms with van der Waals surface area (Å²) in [7, 11) is 0. The summed E-state index contributed by atoms with van der Waals surface area (Å²) in [6.07, 6.45) is 1.87. The molecule has 6 aromatic carbocycles. The van der Waals surface area contributed by atoms with Crippen LogP contribution in [0.15, 0.2) is 170 Å². The van der Waals surface area contributed by atoms with Gasteiger partial charge in [0.15, 0.2) is 0 Å². The second-order valence-electron chi connectivity index (χ2n) is 12.0. The van der Waals surface area contributed by atoms with E-state index in [0.29, 0.717) is 5.69 Å². The molecule has 0 atom stereocenters. The third-order valence-electron chi connectivity index (χ3n) is 9.03. The number of phenols is 1. The molecule has 0 aliphatic heterocycles. The minimum Gasteiger partial charge on any atom is -0.506 e. The van der Waals surface area contributed by atoms with Gasteiger partial charge in [0.05, 0.1) is 11.2 Å². The van der Waals surface area contributed by atoms with Gasteiger partial charge in [-0.1, -0.05) is 103 Å². The predicted molar refractivity (Wildman–Crippen MR) is 200 cm³/mol. The molecular weight excluding hydrogens is 796 g/mol. The molecule has 0 fully saturated rings. The van der Waals surface area contributed by atoms with Gasteiger partial charge in [-0.25, -0.2) is 4.98 Å². The van der Waals surface area contributed by atoms with Gasteiger partial charge in [0.1, 0.15) is 17.2 Å². The molecule has 3 aromatic heterocycles. The first-order valence-corrected chi connectivity index (χ1v) is 16.2. The predicted octanol–water partition coefficient (Wildman–Crippen LogP) is 11.0. The molecule has 242 valence electrons. The molecule has 0 amide bonds. The molecule has 0 unspecified atom stereocenters. The number of rotatable bonds is 6. The molecule has 0 spiro atoms. The number of fused-ring (bicyclic) bond motifs is 4. The number of anilines is 3. The number of aromatic hydroxyl groups is 1. The molecule has 0 saturated heterocycles. The molecule has 5 nitrogen and oxygen atoms in total. The van der Waals surface area contributed by atoms with Crippen LogP contribution in [0.25, 0.3) is 60.8 Å². The summed E-state index contributed by atoms with van der Waals surface area (Å²) < 4.78 is 2.03. The number of hydrogen-bond acceptors (Lipinski definition) is 4. The second kappa shape index (κ2) is 13.1. The first-order valence-electron chi connectivity index (χ1n) is 16.2. The van der Waals surface area contributed by atoms with Crippen molar-refractivity contribution in [1.82, 2.24) is 14.5 Å². The number of hydrogen-bond donors (Lipinski definition) is 1. The average Bonchev–Trinajstić information content (AvgIpc) is 3.49. The fourth-order valence-corrected chi connectivity index (χ4v) is 6.78. The van der Waals surface area contributed by atoms with Gasteiger partial charge >= 0.3 is 0 Å². The number of benzene rings is 6. The maximum atomic E-state index is 10.9. The Morgan fingerprint density at radius 3 is 2.24 bits per heavy atom. The maximum absolute atomic E-state index is 10.9. The van der Waals surface area contributed by atoms with Crippen LogP contribution in [0.4, 0.5) is 17.2 Å². The van der Waals surface area contributed by atoms with Gasteiger partial charge < -0.3 is 10.0 Å². The van der Waals surface area contributed by atoms with Crippen LogP contribution < -0.4 is 4.90 Å². The van der Waals surface area contributed by atoms with Gasteiger partial charge in [-0.15, -0.1) is 29.8 Å². The van der Waals surface area contributed by atoms with Crippen LogP contribution in [0.1, 0.15) is 0 Å². The van der Waals surface area contributed by atoms with Gasteiger partial charge in [0.25, 0.3) is 0 Å². The maximum Gasteiger partial charge on any atom is 0.139 e. The van der Waals surface area contributed by atoms with Crippen molar-refractivity contribution < 1.29 is 26.2 Å². The van der Waals surface area contributed by atoms with E-state index in [1.54, 1.807) is 6.07 Å². The van der Waals surface area contributed by atoms with Crippen LogP contribution in [-0.2, 0) is 21.1 Å². The smallest absolute Gasteiger partial charge is 0.139 e. The fraction of sp³-hybridized carbons (Fsp3) is 0. The van der Waals surface area contributed by atoms with E-state index in [-0.39, 0.29) is 26.8 Å². The molecule has 6 heteroatoms. The zero-order valence-electron chi connectivity index (χ0n) is 26.7. The van der Waals surface area contributed by atoms with E-state index < -0.39 is 0 Å². The molecule has 3 heterocycles. The van der Waals surface area contributed by atoms with Crippen LogP contribution in [0, 0.1) is 6.07 Å². The second-order valence-corrected chi connectivity index (χ2v) is 12.0. The number of nitrogens with zero attached hydrogens (tertiary/aromatic N) is 4. The minimum atomic E-state index is 0. The number of pyridine rings is 2. The molecule has 0 bridgehead atoms. The Morgan fingerprint density at radius 2 is 1.36 bits per heavy atom. The quantitative estimate of drug-likeness (QED) is 0.170. The van der Waals surface area contributed by atoms with Gasteiger partial charge in [0.2, 0.25) is 0 Å². The van der Waals surface area contributed by atoms with Gasteiger partial charge in [-0.05, 0) is 75.7 Å². The first-order chi connectivity index (χ1) is 24.2. The molecule has 1 N–H and O–H groups in total. The molecule has 0 saturated carbocycles. The van der Waals surface area contributed by atoms with E-state index in [2.05, 4.69) is 102 Å². The summed E-state index contributed by atoms with van der Waals surface area (Å²) in [5.74, 6) is 0.982. The molecule has 50 heavy (non-hydrogen) atoms. The van der Waals surface area contributed by atoms with Crippen molar-refractivity contribution >= 4 is 49.9 Å². The summed E-state index contributed by atoms with van der Waals surface area (Å²) in [5.41, 5.74) is 8.11. The van der Waals surface area contributed by atoms with Crippen LogP contribution in [0.2, 0.25) is 0 Å². The number of aromatic nitrogens is 3. The Balaban J connectivity index is 0.00000361. The van der Waals surface area contributed by atoms with Gasteiger partial charge in [-0.3, -0.25) is 9.55 Å². The van der Waals surface area contributed by atoms with Crippen molar-refractivity contribution in [1.29, 1.82) is 0 Å². The van der Waals surface area contributed by atoms with Crippen LogP contribution in [-0.4, -0.2) is 19.6 Å². The Kier molecular flexibility index (Phi) is 8.20. The largest absolute Gasteiger partial charge is 0.506 e. The van der Waals surface area contributed by atoms with Crippen molar-refractivity contribution in [2.24, 2.45) is 0 Å². The third-order valence-corrected chi connectivity index (χ3v) is 9.03. The van der Waals surface area contributed by atoms with Crippen molar-refractivity contribution in [3.8, 4) is 33.8 Å². The zero-order valence-corrected chi connectivity index (χ0v) is 29.0. The Hall–Kier alpha value is -6.03. The minimum absolute atomic E-state index is 0. The fourth-order valence-electron chi connectivity index (χ4n) is 6.78. The molecular formula is C44H29N4OPt-. The molecule has 9 aromatic rings. The normalized spacial score (nSPS) is 11.1. The van der Waals surface area contributed by atoms with Crippen molar-refractivity contribution in [3.63, 3.8) is 0 Å². The first kappa shape index (κ1) is 31.2. The van der Waals surface area contributed by atoms with E-state index in [4.69, 9.17) is 9.97 Å². The van der Waals surface area contributed by atoms with Gasteiger partial charge in [-0.2, -0.15) is 0 Å². The Bertz CT molecular complexity index is 2650. The van der Waals surface area contributed by atoms with Gasteiger partial charge in [0, 0.05) is 43.7 Å². The van der Waals surface area contributed by atoms with E-state index in [0.717, 1.165) is 61.5 Å². The van der Waals surface area contributed by atoms with E-state index in [9.17, 15) is 5.11 Å². The van der Waals surface area contributed by atoms with Crippen molar-refractivity contribution in [2.45, 2.75) is 0 Å². The number of phenolic OH excluding ortho intramolecular Hbond substituents is 1. The van der Waals surface area contributed by atoms with Crippen LogP contribution in [0.5, 0.6) is 5.75 Å². The number of para-hydroxylation sites is 4. The monoisotopic (exact) mass is 824 g/mol.